The molecule has 0 rings (SSSR count). The van der Waals surface area contributed by atoms with Gasteiger partial charge < -0.3 is 58.5 Å². The lowest BCUT2D eigenvalue weighted by Crippen LogP contribution is -2.61. The summed E-state index contributed by atoms with van der Waals surface area (Å²) in [5.74, 6) is -10.2. The smallest absolute Gasteiger partial charge is 0.326 e. The first-order valence-corrected chi connectivity index (χ1v) is 25.1. The Balaban J connectivity index is 6.28. The molecule has 12 N–H and O–H groups in total. The average molecular weight is 986 g/mol. The average Bonchev–Trinajstić information content (AvgIpc) is 3.26. The fourth-order valence-electron chi connectivity index (χ4n) is 6.81. The van der Waals surface area contributed by atoms with Gasteiger partial charge in [0.15, 0.2) is 0 Å². The van der Waals surface area contributed by atoms with Gasteiger partial charge in [-0.1, -0.05) is 102 Å². The summed E-state index contributed by atoms with van der Waals surface area (Å²) in [5, 5.41) is 39.9. The minimum Gasteiger partial charge on any atom is -0.481 e. The summed E-state index contributed by atoms with van der Waals surface area (Å²) in [7, 11) is 0. The third-order valence-electron chi connectivity index (χ3n) is 11.8. The maximum absolute atomic E-state index is 14.0. The Kier molecular flexibility index (Phi) is 29.6. The zero-order valence-electron chi connectivity index (χ0n) is 42.4. The van der Waals surface area contributed by atoms with Crippen molar-refractivity contribution < 1.29 is 58.2 Å². The van der Waals surface area contributed by atoms with E-state index in [1.54, 1.807) is 54.7 Å². The van der Waals surface area contributed by atoms with Crippen molar-refractivity contribution in [3.63, 3.8) is 0 Å². The molecular weight excluding hydrogens is 903 g/mol. The lowest BCUT2D eigenvalue weighted by Gasteiger charge is -2.30. The number of thioether (sulfide) groups is 1. The Bertz CT molecular complexity index is 1700. The van der Waals surface area contributed by atoms with Gasteiger partial charge in [-0.2, -0.15) is 11.8 Å². The van der Waals surface area contributed by atoms with Crippen LogP contribution in [0.3, 0.4) is 0 Å². The number of nitrogens with one attached hydrogen (secondary N) is 8. The third kappa shape index (κ3) is 22.9. The van der Waals surface area contributed by atoms with Gasteiger partial charge in [-0.05, 0) is 66.8 Å². The van der Waals surface area contributed by atoms with Crippen molar-refractivity contribution in [2.24, 2.45) is 41.2 Å². The first-order valence-electron chi connectivity index (χ1n) is 23.7. The van der Waals surface area contributed by atoms with Crippen molar-refractivity contribution in [3.8, 4) is 0 Å². The fourth-order valence-corrected chi connectivity index (χ4v) is 7.28. The molecule has 68 heavy (non-hydrogen) atoms. The topological polar surface area (TPSA) is 333 Å². The number of amides is 8. The molecule has 11 atom stereocenters. The summed E-state index contributed by atoms with van der Waals surface area (Å²) < 4.78 is 0. The zero-order chi connectivity index (χ0) is 52.6. The molecule has 0 aliphatic heterocycles. The maximum Gasteiger partial charge on any atom is 0.326 e. The van der Waals surface area contributed by atoms with E-state index in [1.807, 2.05) is 34.6 Å². The van der Waals surface area contributed by atoms with Crippen LogP contribution < -0.4 is 48.3 Å². The van der Waals surface area contributed by atoms with Crippen molar-refractivity contribution in [2.45, 2.75) is 176 Å². The number of rotatable bonds is 33. The monoisotopic (exact) mass is 986 g/mol. The van der Waals surface area contributed by atoms with E-state index in [4.69, 9.17) is 5.73 Å². The Morgan fingerprint density at radius 3 is 1.37 bits per heavy atom. The van der Waals surface area contributed by atoms with Gasteiger partial charge >= 0.3 is 11.9 Å². The highest BCUT2D eigenvalue weighted by Crippen LogP contribution is 2.15. The number of aliphatic carboxylic acids is 2. The number of hydrogen-bond donors (Lipinski definition) is 11. The second-order valence-electron chi connectivity index (χ2n) is 18.9. The van der Waals surface area contributed by atoms with Crippen LogP contribution in [0, 0.1) is 35.5 Å². The molecule has 0 aliphatic rings. The van der Waals surface area contributed by atoms with Crippen LogP contribution in [0.5, 0.6) is 0 Å². The molecule has 0 aromatic rings. The highest BCUT2D eigenvalue weighted by Gasteiger charge is 2.37. The SMILES string of the molecule is CC[C@H](C)[C@H](N)C(=O)N[C@@H](CCSC)C(=O)N[C@@H](CC(=O)O)C(=O)N[C@H](C(=O)N[C@H](C(=O)NCC(=O)N[C@@H](CC(C)C)C(=O)N[C@@H](CC(C)C)C(=O)N[C@H](C(=O)O)C(C)C)[C@@H](C)CC)[C@@H](C)CC. The Morgan fingerprint density at radius 2 is 0.912 bits per heavy atom. The lowest BCUT2D eigenvalue weighted by molar-refractivity contribution is -0.143. The molecule has 0 saturated heterocycles. The van der Waals surface area contributed by atoms with Crippen molar-refractivity contribution >= 4 is 71.0 Å². The molecule has 0 saturated carbocycles. The molecule has 8 amide bonds. The molecule has 0 aromatic heterocycles. The van der Waals surface area contributed by atoms with Gasteiger partial charge in [0.1, 0.15) is 42.3 Å². The van der Waals surface area contributed by atoms with Crippen molar-refractivity contribution in [1.29, 1.82) is 0 Å². The van der Waals surface area contributed by atoms with Gasteiger partial charge in [0.2, 0.25) is 47.3 Å². The van der Waals surface area contributed by atoms with Gasteiger partial charge in [0.25, 0.3) is 0 Å². The van der Waals surface area contributed by atoms with Gasteiger partial charge in [-0.3, -0.25) is 43.2 Å². The van der Waals surface area contributed by atoms with E-state index in [1.165, 1.54) is 11.8 Å². The van der Waals surface area contributed by atoms with Crippen LogP contribution in [0.25, 0.3) is 0 Å². The summed E-state index contributed by atoms with van der Waals surface area (Å²) in [4.78, 5) is 132. The minimum absolute atomic E-state index is 0.0759. The third-order valence-corrected chi connectivity index (χ3v) is 12.4. The second-order valence-corrected chi connectivity index (χ2v) is 19.9. The van der Waals surface area contributed by atoms with Gasteiger partial charge in [-0.15, -0.1) is 0 Å². The van der Waals surface area contributed by atoms with Crippen LogP contribution in [-0.2, 0) is 47.9 Å². The Hall–Kier alpha value is -4.99. The summed E-state index contributed by atoms with van der Waals surface area (Å²) in [5.41, 5.74) is 6.09. The highest BCUT2D eigenvalue weighted by atomic mass is 32.2. The second kappa shape index (κ2) is 31.9. The van der Waals surface area contributed by atoms with Crippen LogP contribution in [0.4, 0.5) is 0 Å². The van der Waals surface area contributed by atoms with Crippen molar-refractivity contribution in [2.75, 3.05) is 18.6 Å². The van der Waals surface area contributed by atoms with Gasteiger partial charge in [0, 0.05) is 0 Å². The Labute approximate surface area is 406 Å². The molecule has 0 spiro atoms. The number of hydrogen-bond acceptors (Lipinski definition) is 12. The first kappa shape index (κ1) is 63.0. The normalized spacial score (nSPS) is 16.2. The molecule has 0 fully saturated rings. The number of carboxylic acids is 2. The molecule has 0 unspecified atom stereocenters. The molecule has 0 radical (unpaired) electrons. The predicted octanol–water partition coefficient (Wildman–Crippen LogP) is 1.02. The molecule has 21 nitrogen and oxygen atoms in total. The first-order chi connectivity index (χ1) is 31.6. The number of carbonyl (C=O) groups excluding carboxylic acids is 8. The fraction of sp³-hybridized carbons (Fsp3) is 0.783. The molecule has 22 heteroatoms. The van der Waals surface area contributed by atoms with E-state index in [0.29, 0.717) is 25.0 Å². The lowest BCUT2D eigenvalue weighted by atomic mass is 9.94. The van der Waals surface area contributed by atoms with E-state index in [2.05, 4.69) is 42.5 Å². The number of carbonyl (C=O) groups is 10. The van der Waals surface area contributed by atoms with E-state index in [-0.39, 0.29) is 37.0 Å². The van der Waals surface area contributed by atoms with Crippen molar-refractivity contribution in [1.82, 2.24) is 42.5 Å². The number of carboxylic acid groups (broad SMARTS) is 2. The molecule has 390 valence electrons. The van der Waals surface area contributed by atoms with E-state index in [0.717, 1.165) is 0 Å². The van der Waals surface area contributed by atoms with E-state index in [9.17, 15) is 58.2 Å². The molecular formula is C46H83N9O12S. The molecule has 0 heterocycles. The predicted molar refractivity (Wildman–Crippen MR) is 260 cm³/mol. The van der Waals surface area contributed by atoms with E-state index >= 15 is 0 Å². The van der Waals surface area contributed by atoms with Gasteiger partial charge in [0.05, 0.1) is 19.0 Å². The maximum atomic E-state index is 14.0. The minimum atomic E-state index is -1.67. The number of nitrogens with two attached hydrogens (primary N) is 1. The quantitative estimate of drug-likeness (QED) is 0.0438. The van der Waals surface area contributed by atoms with Gasteiger partial charge in [-0.25, -0.2) is 4.79 Å². The van der Waals surface area contributed by atoms with Crippen LogP contribution in [-0.4, -0.2) is 136 Å². The summed E-state index contributed by atoms with van der Waals surface area (Å²) in [6.45, 7) is 20.5. The highest BCUT2D eigenvalue weighted by molar-refractivity contribution is 7.98. The standard InChI is InChI=1S/C46H83N9O12S/c1-14-26(10)35(47)43(63)50-29(17-18-68-13)39(59)52-32(21-34(57)58)42(62)54-38(28(12)16-3)45(65)55-37(27(11)15-2)44(64)48-22-33(56)49-30(19-23(4)5)40(60)51-31(20-24(6)7)41(61)53-36(25(8)9)46(66)67/h23-32,35-38H,14-22,47H2,1-13H3,(H,48,64)(H,49,56)(H,50,63)(H,51,60)(H,52,59)(H,53,61)(H,54,62)(H,55,65)(H,57,58)(H,66,67)/t26-,27-,28-,29-,30-,31-,32-,35-,36-,37-,38-/m0/s1. The van der Waals surface area contributed by atoms with Crippen LogP contribution in [0.2, 0.25) is 0 Å². The zero-order valence-corrected chi connectivity index (χ0v) is 43.2. The summed E-state index contributed by atoms with van der Waals surface area (Å²) >= 11 is 1.40. The van der Waals surface area contributed by atoms with Crippen LogP contribution in [0.1, 0.15) is 128 Å². The molecule has 0 aromatic carbocycles. The largest absolute Gasteiger partial charge is 0.481 e. The summed E-state index contributed by atoms with van der Waals surface area (Å²) in [6.07, 6.45) is 2.76. The summed E-state index contributed by atoms with van der Waals surface area (Å²) in [6, 6.07) is -9.73. The molecule has 0 aliphatic carbocycles. The van der Waals surface area contributed by atoms with Crippen molar-refractivity contribution in [3.05, 3.63) is 0 Å². The molecule has 0 bridgehead atoms. The Morgan fingerprint density at radius 1 is 0.500 bits per heavy atom. The van der Waals surface area contributed by atoms with E-state index < -0.39 is 138 Å². The van der Waals surface area contributed by atoms with Crippen LogP contribution in [0.15, 0.2) is 0 Å². The van der Waals surface area contributed by atoms with Crippen LogP contribution >= 0.6 is 11.8 Å².